The number of alkyl halides is 1. The predicted octanol–water partition coefficient (Wildman–Crippen LogP) is 1.43. The molecular formula is C27H38FN5O4. The molecule has 0 radical (unpaired) electrons. The molecule has 3 saturated carbocycles. The maximum absolute atomic E-state index is 14.5. The van der Waals surface area contributed by atoms with Crippen LogP contribution in [-0.2, 0) is 19.2 Å². The molecule has 0 aromatic heterocycles. The van der Waals surface area contributed by atoms with Crippen molar-refractivity contribution in [3.8, 4) is 6.07 Å². The average Bonchev–Trinajstić information content (AvgIpc) is 3.26. The van der Waals surface area contributed by atoms with E-state index in [1.165, 1.54) is 0 Å². The Morgan fingerprint density at radius 2 is 1.89 bits per heavy atom. The van der Waals surface area contributed by atoms with E-state index in [-0.39, 0.29) is 54.7 Å². The molecule has 0 spiro atoms. The van der Waals surface area contributed by atoms with Gasteiger partial charge in [-0.1, -0.05) is 20.8 Å². The summed E-state index contributed by atoms with van der Waals surface area (Å²) in [5.74, 6) is -0.933. The predicted molar refractivity (Wildman–Crippen MR) is 131 cm³/mol. The van der Waals surface area contributed by atoms with Gasteiger partial charge in [-0.25, -0.2) is 4.39 Å². The molecule has 2 bridgehead atoms. The number of rotatable bonds is 7. The molecule has 9 nitrogen and oxygen atoms in total. The highest BCUT2D eigenvalue weighted by Gasteiger charge is 2.60. The fourth-order valence-electron chi connectivity index (χ4n) is 7.28. The fourth-order valence-corrected chi connectivity index (χ4v) is 7.28. The highest BCUT2D eigenvalue weighted by Crippen LogP contribution is 2.57. The van der Waals surface area contributed by atoms with Gasteiger partial charge in [0.15, 0.2) is 5.67 Å². The molecule has 5 rings (SSSR count). The number of nitriles is 1. The quantitative estimate of drug-likeness (QED) is 0.472. The molecule has 2 heterocycles. The Balaban J connectivity index is 1.37. The molecule has 2 saturated heterocycles. The van der Waals surface area contributed by atoms with Gasteiger partial charge >= 0.3 is 0 Å². The number of nitrogens with zero attached hydrogens (tertiary/aromatic N) is 2. The number of hydrogen-bond acceptors (Lipinski definition) is 5. The molecule has 0 aromatic rings. The third-order valence-electron chi connectivity index (χ3n) is 9.46. The normalized spacial score (nSPS) is 34.8. The van der Waals surface area contributed by atoms with Gasteiger partial charge in [-0.3, -0.25) is 19.2 Å². The van der Waals surface area contributed by atoms with Gasteiger partial charge < -0.3 is 20.9 Å². The topological polar surface area (TPSA) is 131 Å². The van der Waals surface area contributed by atoms with Crippen LogP contribution in [0.15, 0.2) is 0 Å². The highest BCUT2D eigenvalue weighted by atomic mass is 19.1. The number of hydrogen-bond donors (Lipinski definition) is 3. The van der Waals surface area contributed by atoms with Gasteiger partial charge in [-0.15, -0.1) is 0 Å². The third-order valence-corrected chi connectivity index (χ3v) is 9.46. The van der Waals surface area contributed by atoms with Crippen LogP contribution in [0.3, 0.4) is 0 Å². The maximum atomic E-state index is 14.5. The van der Waals surface area contributed by atoms with E-state index < -0.39 is 35.1 Å². The van der Waals surface area contributed by atoms with Crippen molar-refractivity contribution in [1.29, 1.82) is 5.26 Å². The van der Waals surface area contributed by atoms with E-state index in [0.29, 0.717) is 31.3 Å². The smallest absolute Gasteiger partial charge is 0.258 e. The van der Waals surface area contributed by atoms with E-state index in [4.69, 9.17) is 0 Å². The number of fused-ring (bicyclic) bond motifs is 5. The van der Waals surface area contributed by atoms with Gasteiger partial charge in [0.2, 0.25) is 17.7 Å². The summed E-state index contributed by atoms with van der Waals surface area (Å²) in [5.41, 5.74) is -2.60. The summed E-state index contributed by atoms with van der Waals surface area (Å²) in [6.07, 6.45) is 4.32. The zero-order valence-corrected chi connectivity index (χ0v) is 21.9. The summed E-state index contributed by atoms with van der Waals surface area (Å²) in [5, 5.41) is 18.0. The number of amides is 4. The Morgan fingerprint density at radius 1 is 1.19 bits per heavy atom. The molecule has 37 heavy (non-hydrogen) atoms. The SMILES string of the molecule is CC(C)(C)C(NC(=O)C1(F)CC1)C(=O)N1CC2C3CCC(C3)C2C1C(=O)NC(C#N)CC1CCNC1=O. The number of carbonyl (C=O) groups excluding carboxylic acids is 4. The first kappa shape index (κ1) is 25.9. The molecule has 5 aliphatic rings. The molecular weight excluding hydrogens is 477 g/mol. The van der Waals surface area contributed by atoms with Gasteiger partial charge in [0.25, 0.3) is 5.91 Å². The standard InChI is InChI=1S/C27H38FN5O4/c1-26(2,3)21(32-25(37)27(28)7-8-27)24(36)33-13-18-14-4-5-15(10-14)19(18)20(33)23(35)31-17(12-29)11-16-6-9-30-22(16)34/h14-21H,4-11,13H2,1-3H3,(H,30,34)(H,31,35)(H,32,37). The van der Waals surface area contributed by atoms with Crippen molar-refractivity contribution in [2.75, 3.05) is 13.1 Å². The second-order valence-electron chi connectivity index (χ2n) is 13.0. The molecule has 2 aliphatic heterocycles. The van der Waals surface area contributed by atoms with Crippen molar-refractivity contribution >= 4 is 23.6 Å². The molecule has 3 aliphatic carbocycles. The summed E-state index contributed by atoms with van der Waals surface area (Å²) >= 11 is 0. The van der Waals surface area contributed by atoms with Crippen LogP contribution in [0.5, 0.6) is 0 Å². The Kier molecular flexibility index (Phi) is 6.48. The van der Waals surface area contributed by atoms with E-state index in [1.54, 1.807) is 4.90 Å². The highest BCUT2D eigenvalue weighted by molar-refractivity contribution is 5.96. The monoisotopic (exact) mass is 515 g/mol. The number of likely N-dealkylation sites (tertiary alicyclic amines) is 1. The van der Waals surface area contributed by atoms with E-state index in [9.17, 15) is 28.8 Å². The van der Waals surface area contributed by atoms with Crippen LogP contribution in [0.2, 0.25) is 0 Å². The molecule has 202 valence electrons. The minimum Gasteiger partial charge on any atom is -0.356 e. The van der Waals surface area contributed by atoms with Crippen molar-refractivity contribution in [3.05, 3.63) is 0 Å². The van der Waals surface area contributed by atoms with Crippen molar-refractivity contribution in [2.45, 2.75) is 89.5 Å². The molecule has 0 aromatic carbocycles. The number of halogens is 1. The first-order valence-corrected chi connectivity index (χ1v) is 13.7. The lowest BCUT2D eigenvalue weighted by Crippen LogP contribution is -2.60. The van der Waals surface area contributed by atoms with Gasteiger partial charge in [0.1, 0.15) is 18.1 Å². The largest absolute Gasteiger partial charge is 0.356 e. The van der Waals surface area contributed by atoms with E-state index in [1.807, 2.05) is 20.8 Å². The minimum absolute atomic E-state index is 0.00379. The number of nitrogens with one attached hydrogen (secondary N) is 3. The molecule has 10 heteroatoms. The molecule has 5 fully saturated rings. The summed E-state index contributed by atoms with van der Waals surface area (Å²) in [6, 6.07) is -0.438. The van der Waals surface area contributed by atoms with E-state index in [0.717, 1.165) is 19.3 Å². The lowest BCUT2D eigenvalue weighted by molar-refractivity contribution is -0.146. The van der Waals surface area contributed by atoms with E-state index >= 15 is 0 Å². The summed E-state index contributed by atoms with van der Waals surface area (Å²) < 4.78 is 14.5. The average molecular weight is 516 g/mol. The minimum atomic E-state index is -1.91. The van der Waals surface area contributed by atoms with Gasteiger partial charge in [-0.2, -0.15) is 5.26 Å². The zero-order chi connectivity index (χ0) is 26.7. The first-order chi connectivity index (χ1) is 17.4. The second kappa shape index (κ2) is 9.25. The van der Waals surface area contributed by atoms with Crippen molar-refractivity contribution in [1.82, 2.24) is 20.9 Å². The lowest BCUT2D eigenvalue weighted by atomic mass is 9.78. The van der Waals surface area contributed by atoms with Crippen molar-refractivity contribution < 1.29 is 23.6 Å². The van der Waals surface area contributed by atoms with Crippen LogP contribution in [0.1, 0.15) is 65.7 Å². The first-order valence-electron chi connectivity index (χ1n) is 13.7. The third kappa shape index (κ3) is 4.70. The van der Waals surface area contributed by atoms with Crippen molar-refractivity contribution in [3.63, 3.8) is 0 Å². The summed E-state index contributed by atoms with van der Waals surface area (Å²) in [7, 11) is 0. The Hall–Kier alpha value is -2.70. The van der Waals surface area contributed by atoms with Crippen LogP contribution >= 0.6 is 0 Å². The van der Waals surface area contributed by atoms with Gasteiger partial charge in [-0.05, 0) is 74.0 Å². The van der Waals surface area contributed by atoms with Crippen LogP contribution < -0.4 is 16.0 Å². The molecule has 3 N–H and O–H groups in total. The van der Waals surface area contributed by atoms with Gasteiger partial charge in [0.05, 0.1) is 6.07 Å². The Bertz CT molecular complexity index is 1030. The van der Waals surface area contributed by atoms with Crippen LogP contribution in [0, 0.1) is 46.3 Å². The van der Waals surface area contributed by atoms with E-state index in [2.05, 4.69) is 22.0 Å². The lowest BCUT2D eigenvalue weighted by Gasteiger charge is -2.37. The molecule has 8 atom stereocenters. The molecule has 4 amide bonds. The summed E-state index contributed by atoms with van der Waals surface area (Å²) in [4.78, 5) is 54.0. The molecule has 8 unspecified atom stereocenters. The zero-order valence-electron chi connectivity index (χ0n) is 21.9. The fraction of sp³-hybridized carbons (Fsp3) is 0.815. The number of carbonyl (C=O) groups is 4. The Morgan fingerprint density at radius 3 is 2.49 bits per heavy atom. The summed E-state index contributed by atoms with van der Waals surface area (Å²) in [6.45, 7) is 6.45. The van der Waals surface area contributed by atoms with Crippen LogP contribution in [0.25, 0.3) is 0 Å². The van der Waals surface area contributed by atoms with Crippen LogP contribution in [-0.4, -0.2) is 65.4 Å². The van der Waals surface area contributed by atoms with Crippen molar-refractivity contribution in [2.24, 2.45) is 35.0 Å². The van der Waals surface area contributed by atoms with Gasteiger partial charge in [0, 0.05) is 19.0 Å². The maximum Gasteiger partial charge on any atom is 0.258 e. The Labute approximate surface area is 217 Å². The van der Waals surface area contributed by atoms with Crippen LogP contribution in [0.4, 0.5) is 4.39 Å². The second-order valence-corrected chi connectivity index (χ2v) is 13.0.